The molecule has 0 spiro atoms. The van der Waals surface area contributed by atoms with Gasteiger partial charge in [0.25, 0.3) is 0 Å². The van der Waals surface area contributed by atoms with Gasteiger partial charge in [-0.2, -0.15) is 0 Å². The van der Waals surface area contributed by atoms with Gasteiger partial charge in [0, 0.05) is 30.1 Å². The number of carboxylic acid groups (broad SMARTS) is 1. The number of aliphatic hydroxyl groups is 4. The molecule has 2 aliphatic rings. The topological polar surface area (TPSA) is 173 Å². The maximum Gasteiger partial charge on any atom is 0.309 e. The number of H-pyrrole nitrogens is 1. The van der Waals surface area contributed by atoms with Crippen LogP contribution in [0.25, 0.3) is 0 Å². The van der Waals surface area contributed by atoms with E-state index in [1.54, 1.807) is 6.20 Å². The van der Waals surface area contributed by atoms with Gasteiger partial charge in [0.2, 0.25) is 0 Å². The van der Waals surface area contributed by atoms with E-state index in [9.17, 15) is 30.3 Å². The molecule has 0 amide bonds. The Hall–Kier alpha value is -2.72. The summed E-state index contributed by atoms with van der Waals surface area (Å²) in [5, 5.41) is 53.7. The standard InChI is InChI=1S/C42H67N3O6/c1-3-5-7-11-29-15-16-33(39(48)24-29)12-8-6-9-13-36(41(49)50)38(47)17-19-42(51)28-31(22-30-18-20-44-40(43)25-30)23-34(42)27-35-26-32(4-2)37(45-35)14-10-21-46/h15-16,18,20,25-26,29,31,33-34,36,38-39,45-48,51H,3-14,17,19,21-24,27-28H2,1-2H3,(H2,43,44)(H,49,50)/t29-,31-,33-,34+,36+,38-,39-,42+/m1/s1. The summed E-state index contributed by atoms with van der Waals surface area (Å²) in [6, 6.07) is 6.04. The van der Waals surface area contributed by atoms with Gasteiger partial charge < -0.3 is 36.3 Å². The van der Waals surface area contributed by atoms with Crippen LogP contribution in [0.5, 0.6) is 0 Å². The average Bonchev–Trinajstić information content (AvgIpc) is 3.63. The number of nitrogens with two attached hydrogens (primary N) is 1. The van der Waals surface area contributed by atoms with Crippen molar-refractivity contribution < 1.29 is 30.3 Å². The Morgan fingerprint density at radius 1 is 1.04 bits per heavy atom. The van der Waals surface area contributed by atoms with E-state index >= 15 is 0 Å². The predicted molar refractivity (Wildman–Crippen MR) is 203 cm³/mol. The minimum absolute atomic E-state index is 0.0537. The van der Waals surface area contributed by atoms with Gasteiger partial charge in [-0.25, -0.2) is 4.98 Å². The maximum absolute atomic E-state index is 12.3. The van der Waals surface area contributed by atoms with Crippen molar-refractivity contribution in [1.29, 1.82) is 0 Å². The number of carboxylic acids is 1. The van der Waals surface area contributed by atoms with E-state index in [-0.39, 0.29) is 36.9 Å². The van der Waals surface area contributed by atoms with E-state index in [2.05, 4.69) is 42.0 Å². The van der Waals surface area contributed by atoms with Crippen molar-refractivity contribution in [2.24, 2.45) is 29.6 Å². The smallest absolute Gasteiger partial charge is 0.309 e. The first-order valence-electron chi connectivity index (χ1n) is 20.1. The number of hydrogen-bond donors (Lipinski definition) is 7. The number of nitrogens with one attached hydrogen (secondary N) is 1. The molecule has 0 unspecified atom stereocenters. The first-order valence-corrected chi connectivity index (χ1v) is 20.1. The zero-order valence-electron chi connectivity index (χ0n) is 31.3. The van der Waals surface area contributed by atoms with E-state index in [1.807, 2.05) is 12.1 Å². The lowest BCUT2D eigenvalue weighted by Gasteiger charge is -2.32. The molecule has 9 heteroatoms. The first-order chi connectivity index (χ1) is 24.5. The number of hydrogen-bond acceptors (Lipinski definition) is 7. The highest BCUT2D eigenvalue weighted by Gasteiger charge is 2.46. The van der Waals surface area contributed by atoms with Crippen molar-refractivity contribution in [2.45, 2.75) is 154 Å². The van der Waals surface area contributed by atoms with Crippen molar-refractivity contribution in [2.75, 3.05) is 12.3 Å². The zero-order chi connectivity index (χ0) is 36.8. The van der Waals surface area contributed by atoms with E-state index in [0.717, 1.165) is 74.7 Å². The number of aliphatic hydroxyl groups excluding tert-OH is 3. The summed E-state index contributed by atoms with van der Waals surface area (Å²) in [5.74, 6) is -0.585. The third-order valence-corrected chi connectivity index (χ3v) is 11.9. The number of rotatable bonds is 23. The summed E-state index contributed by atoms with van der Waals surface area (Å²) in [5.41, 5.74) is 9.45. The van der Waals surface area contributed by atoms with E-state index < -0.39 is 23.6 Å². The predicted octanol–water partition coefficient (Wildman–Crippen LogP) is 6.95. The molecule has 0 radical (unpaired) electrons. The highest BCUT2D eigenvalue weighted by molar-refractivity contribution is 5.70. The summed E-state index contributed by atoms with van der Waals surface area (Å²) in [4.78, 5) is 20.0. The number of aryl methyl sites for hydroxylation is 2. The van der Waals surface area contributed by atoms with Crippen molar-refractivity contribution in [3.8, 4) is 0 Å². The second kappa shape index (κ2) is 20.5. The number of allylic oxidation sites excluding steroid dienone is 1. The number of aromatic amines is 1. The van der Waals surface area contributed by atoms with Crippen LogP contribution in [-0.2, 0) is 30.5 Å². The molecular formula is C42H67N3O6. The van der Waals surface area contributed by atoms with Crippen LogP contribution >= 0.6 is 0 Å². The molecule has 0 bridgehead atoms. The van der Waals surface area contributed by atoms with Crippen LogP contribution in [-0.4, -0.2) is 65.9 Å². The van der Waals surface area contributed by atoms with Gasteiger partial charge in [0.1, 0.15) is 5.82 Å². The largest absolute Gasteiger partial charge is 0.481 e. The Balaban J connectivity index is 1.32. The Morgan fingerprint density at radius 3 is 2.55 bits per heavy atom. The van der Waals surface area contributed by atoms with Crippen molar-refractivity contribution >= 4 is 11.8 Å². The van der Waals surface area contributed by atoms with E-state index in [4.69, 9.17) is 5.73 Å². The fourth-order valence-corrected chi connectivity index (χ4v) is 8.99. The van der Waals surface area contributed by atoms with Crippen LogP contribution in [0, 0.1) is 29.6 Å². The van der Waals surface area contributed by atoms with Gasteiger partial charge in [-0.3, -0.25) is 4.79 Å². The molecule has 2 aromatic heterocycles. The maximum atomic E-state index is 12.3. The molecule has 1 saturated carbocycles. The Bertz CT molecular complexity index is 1360. The summed E-state index contributed by atoms with van der Waals surface area (Å²) in [6.45, 7) is 4.48. The molecular weight excluding hydrogens is 642 g/mol. The fraction of sp³-hybridized carbons (Fsp3) is 0.714. The Morgan fingerprint density at radius 2 is 1.84 bits per heavy atom. The molecule has 2 heterocycles. The highest BCUT2D eigenvalue weighted by Crippen LogP contribution is 2.46. The highest BCUT2D eigenvalue weighted by atomic mass is 16.4. The minimum atomic E-state index is -1.04. The number of aromatic nitrogens is 2. The molecule has 1 fully saturated rings. The average molecular weight is 710 g/mol. The van der Waals surface area contributed by atoms with Gasteiger partial charge in [0.05, 0.1) is 23.7 Å². The van der Waals surface area contributed by atoms with Gasteiger partial charge in [-0.15, -0.1) is 0 Å². The van der Waals surface area contributed by atoms with Gasteiger partial charge in [-0.1, -0.05) is 64.5 Å². The van der Waals surface area contributed by atoms with Crippen molar-refractivity contribution in [1.82, 2.24) is 9.97 Å². The molecule has 286 valence electrons. The summed E-state index contributed by atoms with van der Waals surface area (Å²) < 4.78 is 0. The number of aliphatic carboxylic acids is 1. The lowest BCUT2D eigenvalue weighted by atomic mass is 9.80. The summed E-state index contributed by atoms with van der Waals surface area (Å²) in [6.07, 6.45) is 20.0. The Labute approximate surface area is 306 Å². The van der Waals surface area contributed by atoms with Crippen LogP contribution in [0.3, 0.4) is 0 Å². The second-order valence-electron chi connectivity index (χ2n) is 15.9. The van der Waals surface area contributed by atoms with Crippen LogP contribution in [0.1, 0.15) is 133 Å². The third kappa shape index (κ3) is 12.4. The number of unbranched alkanes of at least 4 members (excludes halogenated alkanes) is 4. The molecule has 2 aliphatic carbocycles. The van der Waals surface area contributed by atoms with Crippen molar-refractivity contribution in [3.05, 3.63) is 59.1 Å². The quantitative estimate of drug-likeness (QED) is 0.0480. The molecule has 8 atom stereocenters. The van der Waals surface area contributed by atoms with Gasteiger partial charge in [-0.05, 0) is 131 Å². The van der Waals surface area contributed by atoms with Gasteiger partial charge in [0.15, 0.2) is 0 Å². The fourth-order valence-electron chi connectivity index (χ4n) is 8.99. The molecule has 0 aliphatic heterocycles. The zero-order valence-corrected chi connectivity index (χ0v) is 31.3. The monoisotopic (exact) mass is 710 g/mol. The first kappa shape index (κ1) is 41.0. The van der Waals surface area contributed by atoms with Crippen molar-refractivity contribution in [3.63, 3.8) is 0 Å². The van der Waals surface area contributed by atoms with Crippen LogP contribution in [0.2, 0.25) is 0 Å². The van der Waals surface area contributed by atoms with Gasteiger partial charge >= 0.3 is 5.97 Å². The number of nitrogen functional groups attached to an aromatic ring is 1. The molecule has 0 saturated heterocycles. The molecule has 0 aromatic carbocycles. The lowest BCUT2D eigenvalue weighted by molar-refractivity contribution is -0.146. The molecule has 4 rings (SSSR count). The van der Waals surface area contributed by atoms with Crippen LogP contribution in [0.15, 0.2) is 36.5 Å². The van der Waals surface area contributed by atoms with E-state index in [0.29, 0.717) is 50.3 Å². The lowest BCUT2D eigenvalue weighted by Crippen LogP contribution is -2.37. The van der Waals surface area contributed by atoms with E-state index in [1.165, 1.54) is 24.8 Å². The summed E-state index contributed by atoms with van der Waals surface area (Å²) in [7, 11) is 0. The summed E-state index contributed by atoms with van der Waals surface area (Å²) >= 11 is 0. The number of anilines is 1. The number of pyridine rings is 1. The Kier molecular flexibility index (Phi) is 16.5. The number of nitrogens with zero attached hydrogens (tertiary/aromatic N) is 1. The minimum Gasteiger partial charge on any atom is -0.481 e. The normalized spacial score (nSPS) is 26.0. The van der Waals surface area contributed by atoms with Crippen LogP contribution in [0.4, 0.5) is 5.82 Å². The molecule has 2 aromatic rings. The molecule has 8 N–H and O–H groups in total. The number of carbonyl (C=O) groups is 1. The van der Waals surface area contributed by atoms with Crippen LogP contribution < -0.4 is 5.73 Å². The third-order valence-electron chi connectivity index (χ3n) is 11.9. The molecule has 51 heavy (non-hydrogen) atoms. The molecule has 9 nitrogen and oxygen atoms in total. The second-order valence-corrected chi connectivity index (χ2v) is 15.9. The SMILES string of the molecule is CCCCC[C@@H]1C=C[C@@H](CCCCC[C@H](C(=O)O)[C@H](O)CC[C@]2(O)C[C@H](Cc3ccnc(N)c3)C[C@H]2Cc2cc(CC)c(CCCO)[nH]2)[C@H](O)C1.